The molecule has 0 aromatic heterocycles. The maximum Gasteiger partial charge on any atom is 0.151 e. The summed E-state index contributed by atoms with van der Waals surface area (Å²) in [6.45, 7) is 4.60. The van der Waals surface area contributed by atoms with Crippen LogP contribution in [0.4, 0.5) is 0 Å². The molecule has 0 saturated carbocycles. The average Bonchev–Trinajstić information content (AvgIpc) is 2.35. The van der Waals surface area contributed by atoms with Gasteiger partial charge >= 0.3 is 0 Å². The lowest BCUT2D eigenvalue weighted by molar-refractivity contribution is 0.547. The largest absolute Gasteiger partial charge is 0.309 e. The molecule has 1 rings (SSSR count). The van der Waals surface area contributed by atoms with Gasteiger partial charge in [-0.15, -0.1) is 0 Å². The van der Waals surface area contributed by atoms with Crippen molar-refractivity contribution in [3.63, 3.8) is 0 Å². The lowest BCUT2D eigenvalue weighted by atomic mass is 10.1. The van der Waals surface area contributed by atoms with Gasteiger partial charge in [-0.3, -0.25) is 0 Å². The van der Waals surface area contributed by atoms with Crippen molar-refractivity contribution in [2.75, 3.05) is 18.1 Å². The number of hydrogen-bond acceptors (Lipinski definition) is 3. The van der Waals surface area contributed by atoms with Crippen LogP contribution in [0.25, 0.3) is 0 Å². The van der Waals surface area contributed by atoms with Crippen LogP contribution in [-0.4, -0.2) is 26.5 Å². The van der Waals surface area contributed by atoms with Crippen LogP contribution in [0.5, 0.6) is 0 Å². The Morgan fingerprint density at radius 3 is 2.35 bits per heavy atom. The highest BCUT2D eigenvalue weighted by Crippen LogP contribution is 2.15. The van der Waals surface area contributed by atoms with Crippen molar-refractivity contribution >= 4 is 9.84 Å². The van der Waals surface area contributed by atoms with E-state index < -0.39 is 9.84 Å². The molecule has 96 valence electrons. The predicted octanol–water partition coefficient (Wildman–Crippen LogP) is 2.16. The Morgan fingerprint density at radius 1 is 1.18 bits per heavy atom. The topological polar surface area (TPSA) is 46.2 Å². The SMILES string of the molecule is CCCNC(CS(=O)(=O)CC)c1ccccc1. The Kier molecular flexibility index (Phi) is 5.65. The number of hydrogen-bond donors (Lipinski definition) is 1. The predicted molar refractivity (Wildman–Crippen MR) is 71.8 cm³/mol. The van der Waals surface area contributed by atoms with Crippen molar-refractivity contribution in [1.82, 2.24) is 5.32 Å². The standard InChI is InChI=1S/C13H21NO2S/c1-3-10-14-13(11-17(15,16)4-2)12-8-6-5-7-9-12/h5-9,13-14H,3-4,10-11H2,1-2H3. The van der Waals surface area contributed by atoms with Crippen molar-refractivity contribution in [2.45, 2.75) is 26.3 Å². The summed E-state index contributed by atoms with van der Waals surface area (Å²) in [6.07, 6.45) is 0.996. The molecule has 1 aromatic rings. The fourth-order valence-corrected chi connectivity index (χ4v) is 2.70. The maximum absolute atomic E-state index is 11.7. The number of nitrogens with one attached hydrogen (secondary N) is 1. The van der Waals surface area contributed by atoms with Gasteiger partial charge in [0.15, 0.2) is 9.84 Å². The zero-order chi connectivity index (χ0) is 12.7. The molecule has 0 saturated heterocycles. The third-order valence-electron chi connectivity index (χ3n) is 2.70. The Hall–Kier alpha value is -0.870. The van der Waals surface area contributed by atoms with Gasteiger partial charge in [-0.1, -0.05) is 44.2 Å². The van der Waals surface area contributed by atoms with Crippen LogP contribution in [0.15, 0.2) is 30.3 Å². The van der Waals surface area contributed by atoms with Crippen LogP contribution >= 0.6 is 0 Å². The Bertz CT molecular complexity index is 414. The Morgan fingerprint density at radius 2 is 1.82 bits per heavy atom. The molecule has 1 atom stereocenters. The van der Waals surface area contributed by atoms with Gasteiger partial charge in [0.1, 0.15) is 0 Å². The van der Waals surface area contributed by atoms with Gasteiger partial charge in [0.2, 0.25) is 0 Å². The van der Waals surface area contributed by atoms with E-state index in [9.17, 15) is 8.42 Å². The van der Waals surface area contributed by atoms with Crippen LogP contribution in [0.1, 0.15) is 31.9 Å². The van der Waals surface area contributed by atoms with Gasteiger partial charge in [-0.05, 0) is 18.5 Å². The summed E-state index contributed by atoms with van der Waals surface area (Å²) >= 11 is 0. The van der Waals surface area contributed by atoms with Crippen molar-refractivity contribution in [2.24, 2.45) is 0 Å². The summed E-state index contributed by atoms with van der Waals surface area (Å²) in [7, 11) is -2.96. The third-order valence-corrected chi connectivity index (χ3v) is 4.42. The quantitative estimate of drug-likeness (QED) is 0.812. The number of benzene rings is 1. The fourth-order valence-electron chi connectivity index (χ4n) is 1.65. The van der Waals surface area contributed by atoms with Gasteiger partial charge < -0.3 is 5.32 Å². The van der Waals surface area contributed by atoms with Crippen molar-refractivity contribution < 1.29 is 8.42 Å². The Balaban J connectivity index is 2.81. The van der Waals surface area contributed by atoms with Crippen molar-refractivity contribution in [3.8, 4) is 0 Å². The minimum Gasteiger partial charge on any atom is -0.309 e. The fraction of sp³-hybridized carbons (Fsp3) is 0.538. The normalized spacial score (nSPS) is 13.5. The summed E-state index contributed by atoms with van der Waals surface area (Å²) in [4.78, 5) is 0. The van der Waals surface area contributed by atoms with Gasteiger partial charge in [0.25, 0.3) is 0 Å². The first-order valence-electron chi connectivity index (χ1n) is 6.07. The molecule has 0 aliphatic carbocycles. The minimum absolute atomic E-state index is 0.0962. The van der Waals surface area contributed by atoms with Crippen LogP contribution in [-0.2, 0) is 9.84 Å². The molecule has 0 spiro atoms. The average molecular weight is 255 g/mol. The van der Waals surface area contributed by atoms with Crippen LogP contribution in [0, 0.1) is 0 Å². The lowest BCUT2D eigenvalue weighted by Crippen LogP contribution is -2.29. The van der Waals surface area contributed by atoms with Crippen LogP contribution in [0.3, 0.4) is 0 Å². The molecular formula is C13H21NO2S. The van der Waals surface area contributed by atoms with Gasteiger partial charge in [-0.25, -0.2) is 8.42 Å². The van der Waals surface area contributed by atoms with Gasteiger partial charge in [-0.2, -0.15) is 0 Å². The van der Waals surface area contributed by atoms with Crippen LogP contribution < -0.4 is 5.32 Å². The van der Waals surface area contributed by atoms with E-state index in [1.165, 1.54) is 0 Å². The molecule has 3 nitrogen and oxygen atoms in total. The zero-order valence-corrected chi connectivity index (χ0v) is 11.3. The van der Waals surface area contributed by atoms with Crippen molar-refractivity contribution in [1.29, 1.82) is 0 Å². The number of sulfone groups is 1. The molecule has 0 heterocycles. The summed E-state index contributed by atoms with van der Waals surface area (Å²) < 4.78 is 23.4. The lowest BCUT2D eigenvalue weighted by Gasteiger charge is -2.18. The van der Waals surface area contributed by atoms with E-state index in [2.05, 4.69) is 12.2 Å². The molecule has 17 heavy (non-hydrogen) atoms. The van der Waals surface area contributed by atoms with Gasteiger partial charge in [0.05, 0.1) is 5.75 Å². The third kappa shape index (κ3) is 4.88. The second kappa shape index (κ2) is 6.77. The minimum atomic E-state index is -2.96. The molecule has 0 radical (unpaired) electrons. The van der Waals surface area contributed by atoms with Crippen LogP contribution in [0.2, 0.25) is 0 Å². The van der Waals surface area contributed by atoms with E-state index in [1.54, 1.807) is 6.92 Å². The first-order chi connectivity index (χ1) is 8.09. The van der Waals surface area contributed by atoms with Crippen molar-refractivity contribution in [3.05, 3.63) is 35.9 Å². The first kappa shape index (κ1) is 14.2. The first-order valence-corrected chi connectivity index (χ1v) is 7.90. The van der Waals surface area contributed by atoms with E-state index in [1.807, 2.05) is 30.3 Å². The molecule has 0 amide bonds. The van der Waals surface area contributed by atoms with E-state index in [-0.39, 0.29) is 17.5 Å². The second-order valence-corrected chi connectivity index (χ2v) is 6.51. The van der Waals surface area contributed by atoms with E-state index in [4.69, 9.17) is 0 Å². The molecule has 1 N–H and O–H groups in total. The zero-order valence-electron chi connectivity index (χ0n) is 10.5. The molecule has 0 bridgehead atoms. The summed E-state index contributed by atoms with van der Waals surface area (Å²) in [5.74, 6) is 0.373. The summed E-state index contributed by atoms with van der Waals surface area (Å²) in [5, 5.41) is 3.30. The highest BCUT2D eigenvalue weighted by Gasteiger charge is 2.18. The molecule has 0 fully saturated rings. The monoisotopic (exact) mass is 255 g/mol. The highest BCUT2D eigenvalue weighted by atomic mass is 32.2. The summed E-state index contributed by atoms with van der Waals surface area (Å²) in [5.41, 5.74) is 1.04. The molecule has 0 aliphatic rings. The molecular weight excluding hydrogens is 234 g/mol. The highest BCUT2D eigenvalue weighted by molar-refractivity contribution is 7.91. The molecule has 1 aromatic carbocycles. The maximum atomic E-state index is 11.7. The number of rotatable bonds is 7. The molecule has 0 aliphatic heterocycles. The second-order valence-electron chi connectivity index (χ2n) is 4.12. The Labute approximate surface area is 104 Å². The van der Waals surface area contributed by atoms with E-state index >= 15 is 0 Å². The van der Waals surface area contributed by atoms with E-state index in [0.29, 0.717) is 0 Å². The smallest absolute Gasteiger partial charge is 0.151 e. The van der Waals surface area contributed by atoms with E-state index in [0.717, 1.165) is 18.5 Å². The summed E-state index contributed by atoms with van der Waals surface area (Å²) in [6, 6.07) is 9.66. The molecule has 4 heteroatoms. The molecule has 1 unspecified atom stereocenters. The van der Waals surface area contributed by atoms with Gasteiger partial charge in [0, 0.05) is 11.8 Å².